The number of hydrogen-bond donors (Lipinski definition) is 0. The normalized spacial score (nSPS) is 10.7. The van der Waals surface area contributed by atoms with Crippen molar-refractivity contribution in [3.8, 4) is 22.9 Å². The van der Waals surface area contributed by atoms with E-state index in [2.05, 4.69) is 10.1 Å². The van der Waals surface area contributed by atoms with Crippen molar-refractivity contribution < 1.29 is 22.8 Å². The van der Waals surface area contributed by atoms with Crippen LogP contribution < -0.4 is 9.47 Å². The van der Waals surface area contributed by atoms with Gasteiger partial charge in [0.1, 0.15) is 23.1 Å². The molecule has 0 aliphatic rings. The van der Waals surface area contributed by atoms with Crippen molar-refractivity contribution in [2.75, 3.05) is 14.2 Å². The fourth-order valence-electron chi connectivity index (χ4n) is 2.13. The summed E-state index contributed by atoms with van der Waals surface area (Å²) in [6.45, 7) is 0. The van der Waals surface area contributed by atoms with Crippen molar-refractivity contribution in [3.63, 3.8) is 0 Å². The largest absolute Gasteiger partial charge is 0.497 e. The van der Waals surface area contributed by atoms with E-state index >= 15 is 0 Å². The van der Waals surface area contributed by atoms with Crippen LogP contribution in [0.25, 0.3) is 11.4 Å². The van der Waals surface area contributed by atoms with Crippen LogP contribution in [0.2, 0.25) is 0 Å². The molecule has 8 heteroatoms. The van der Waals surface area contributed by atoms with Crippen LogP contribution in [-0.4, -0.2) is 24.4 Å². The highest BCUT2D eigenvalue weighted by molar-refractivity contribution is 7.98. The summed E-state index contributed by atoms with van der Waals surface area (Å²) < 4.78 is 42.5. The minimum absolute atomic E-state index is 0.182. The second-order valence-corrected chi connectivity index (χ2v) is 5.96. The fraction of sp³-hybridized carbons (Fsp3) is 0.176. The lowest BCUT2D eigenvalue weighted by molar-refractivity contribution is 0.388. The average Bonchev–Trinajstić information content (AvgIpc) is 3.10. The van der Waals surface area contributed by atoms with Crippen molar-refractivity contribution >= 4 is 11.8 Å². The maximum absolute atomic E-state index is 13.6. The first-order valence-electron chi connectivity index (χ1n) is 7.23. The maximum Gasteiger partial charge on any atom is 0.237 e. The first kappa shape index (κ1) is 17.2. The van der Waals surface area contributed by atoms with Gasteiger partial charge in [0.2, 0.25) is 11.7 Å². The summed E-state index contributed by atoms with van der Waals surface area (Å²) in [5, 5.41) is 3.91. The number of methoxy groups -OCH3 is 2. The molecule has 0 radical (unpaired) electrons. The molecular weight excluding hydrogens is 350 g/mol. The Hall–Kier alpha value is -2.61. The molecule has 3 aromatic rings. The van der Waals surface area contributed by atoms with E-state index in [-0.39, 0.29) is 10.6 Å². The molecule has 0 amide bonds. The summed E-state index contributed by atoms with van der Waals surface area (Å²) in [4.78, 5) is 4.46. The summed E-state index contributed by atoms with van der Waals surface area (Å²) in [7, 11) is 3.09. The Bertz CT molecular complexity index is 886. The monoisotopic (exact) mass is 364 g/mol. The van der Waals surface area contributed by atoms with Crippen LogP contribution in [0.3, 0.4) is 0 Å². The standard InChI is InChI=1S/C17H14F2N2O3S/c1-22-11-4-5-12(14(8-11)23-2)17-20-16(24-21-17)9-25-15-7-10(18)3-6-13(15)19/h3-8H,9H2,1-2H3. The first-order valence-corrected chi connectivity index (χ1v) is 8.22. The molecule has 1 aromatic heterocycles. The molecule has 0 spiro atoms. The summed E-state index contributed by atoms with van der Waals surface area (Å²) >= 11 is 1.08. The minimum Gasteiger partial charge on any atom is -0.497 e. The van der Waals surface area contributed by atoms with Gasteiger partial charge in [0.05, 0.1) is 25.5 Å². The van der Waals surface area contributed by atoms with Gasteiger partial charge in [0, 0.05) is 11.0 Å². The van der Waals surface area contributed by atoms with Crippen LogP contribution in [0.4, 0.5) is 8.78 Å². The zero-order chi connectivity index (χ0) is 17.8. The molecule has 0 atom stereocenters. The highest BCUT2D eigenvalue weighted by Crippen LogP contribution is 2.32. The molecule has 0 aliphatic carbocycles. The van der Waals surface area contributed by atoms with Gasteiger partial charge in [-0.3, -0.25) is 0 Å². The zero-order valence-corrected chi connectivity index (χ0v) is 14.3. The highest BCUT2D eigenvalue weighted by Gasteiger charge is 2.15. The van der Waals surface area contributed by atoms with E-state index in [9.17, 15) is 8.78 Å². The highest BCUT2D eigenvalue weighted by atomic mass is 32.2. The van der Waals surface area contributed by atoms with Gasteiger partial charge >= 0.3 is 0 Å². The predicted molar refractivity (Wildman–Crippen MR) is 88.8 cm³/mol. The molecule has 3 rings (SSSR count). The summed E-state index contributed by atoms with van der Waals surface area (Å²) in [5.41, 5.74) is 0.639. The summed E-state index contributed by atoms with van der Waals surface area (Å²) in [6.07, 6.45) is 0. The SMILES string of the molecule is COc1ccc(-c2noc(CSc3cc(F)ccc3F)n2)c(OC)c1. The van der Waals surface area contributed by atoms with Gasteiger partial charge in [-0.1, -0.05) is 5.16 Å². The second-order valence-electron chi connectivity index (χ2n) is 4.94. The number of aromatic nitrogens is 2. The van der Waals surface area contributed by atoms with Gasteiger partial charge in [-0.25, -0.2) is 8.78 Å². The number of rotatable bonds is 6. The average molecular weight is 364 g/mol. The lowest BCUT2D eigenvalue weighted by atomic mass is 10.2. The van der Waals surface area contributed by atoms with Crippen LogP contribution >= 0.6 is 11.8 Å². The van der Waals surface area contributed by atoms with E-state index in [1.807, 2.05) is 0 Å². The van der Waals surface area contributed by atoms with Crippen molar-refractivity contribution in [2.45, 2.75) is 10.6 Å². The predicted octanol–water partition coefficient (Wildman–Crippen LogP) is 4.32. The first-order chi connectivity index (χ1) is 12.1. The number of hydrogen-bond acceptors (Lipinski definition) is 6. The van der Waals surface area contributed by atoms with Crippen LogP contribution in [0.5, 0.6) is 11.5 Å². The van der Waals surface area contributed by atoms with Crippen LogP contribution in [0.1, 0.15) is 5.89 Å². The molecule has 130 valence electrons. The van der Waals surface area contributed by atoms with Crippen molar-refractivity contribution in [3.05, 3.63) is 53.9 Å². The maximum atomic E-state index is 13.6. The lowest BCUT2D eigenvalue weighted by Gasteiger charge is -2.07. The summed E-state index contributed by atoms with van der Waals surface area (Å²) in [5.74, 6) is 1.03. The Morgan fingerprint density at radius 2 is 1.92 bits per heavy atom. The molecular formula is C17H14F2N2O3S. The molecule has 25 heavy (non-hydrogen) atoms. The molecule has 0 aliphatic heterocycles. The fourth-order valence-corrected chi connectivity index (χ4v) is 2.93. The number of ether oxygens (including phenoxy) is 2. The van der Waals surface area contributed by atoms with Crippen molar-refractivity contribution in [2.24, 2.45) is 0 Å². The van der Waals surface area contributed by atoms with Gasteiger partial charge in [0.15, 0.2) is 0 Å². The van der Waals surface area contributed by atoms with Crippen molar-refractivity contribution in [1.82, 2.24) is 10.1 Å². The second kappa shape index (κ2) is 7.52. The Labute approximate surface area is 147 Å². The number of halogens is 2. The van der Waals surface area contributed by atoms with Gasteiger partial charge < -0.3 is 14.0 Å². The Morgan fingerprint density at radius 1 is 1.08 bits per heavy atom. The van der Waals surface area contributed by atoms with E-state index < -0.39 is 11.6 Å². The zero-order valence-electron chi connectivity index (χ0n) is 13.5. The topological polar surface area (TPSA) is 57.4 Å². The third-order valence-corrected chi connectivity index (χ3v) is 4.38. The summed E-state index contributed by atoms with van der Waals surface area (Å²) in [6, 6.07) is 8.50. The van der Waals surface area contributed by atoms with E-state index in [0.29, 0.717) is 28.8 Å². The molecule has 0 N–H and O–H groups in total. The van der Waals surface area contributed by atoms with E-state index in [1.165, 1.54) is 7.11 Å². The van der Waals surface area contributed by atoms with Gasteiger partial charge in [-0.05, 0) is 30.3 Å². The Balaban J connectivity index is 1.77. The number of nitrogens with zero attached hydrogens (tertiary/aromatic N) is 2. The Kier molecular flexibility index (Phi) is 5.18. The smallest absolute Gasteiger partial charge is 0.237 e. The molecule has 0 unspecified atom stereocenters. The molecule has 1 heterocycles. The van der Waals surface area contributed by atoms with Crippen molar-refractivity contribution in [1.29, 1.82) is 0 Å². The lowest BCUT2D eigenvalue weighted by Crippen LogP contribution is -1.92. The minimum atomic E-state index is -0.502. The van der Waals surface area contributed by atoms with Crippen LogP contribution in [0, 0.1) is 11.6 Å². The third-order valence-electron chi connectivity index (χ3n) is 3.36. The van der Waals surface area contributed by atoms with Gasteiger partial charge in [0.25, 0.3) is 0 Å². The molecule has 5 nitrogen and oxygen atoms in total. The van der Waals surface area contributed by atoms with E-state index in [0.717, 1.165) is 30.0 Å². The molecule has 0 saturated heterocycles. The quantitative estimate of drug-likeness (QED) is 0.607. The molecule has 0 fully saturated rings. The van der Waals surface area contributed by atoms with E-state index in [1.54, 1.807) is 25.3 Å². The van der Waals surface area contributed by atoms with Gasteiger partial charge in [-0.15, -0.1) is 11.8 Å². The molecule has 0 bridgehead atoms. The Morgan fingerprint density at radius 3 is 2.68 bits per heavy atom. The van der Waals surface area contributed by atoms with E-state index in [4.69, 9.17) is 14.0 Å². The number of benzene rings is 2. The molecule has 0 saturated carbocycles. The van der Waals surface area contributed by atoms with Gasteiger partial charge in [-0.2, -0.15) is 4.98 Å². The molecule has 2 aromatic carbocycles. The third kappa shape index (κ3) is 3.90. The van der Waals surface area contributed by atoms with Crippen LogP contribution in [0.15, 0.2) is 45.8 Å². The van der Waals surface area contributed by atoms with Crippen LogP contribution in [-0.2, 0) is 5.75 Å². The number of thioether (sulfide) groups is 1.